The molecule has 0 bridgehead atoms. The van der Waals surface area contributed by atoms with Crippen LogP contribution in [0.25, 0.3) is 0 Å². The third-order valence-electron chi connectivity index (χ3n) is 2.84. The van der Waals surface area contributed by atoms with Gasteiger partial charge >= 0.3 is 0 Å². The van der Waals surface area contributed by atoms with Crippen LogP contribution < -0.4 is 5.32 Å². The molecule has 1 aromatic rings. The van der Waals surface area contributed by atoms with Crippen LogP contribution in [-0.4, -0.2) is 18.2 Å². The van der Waals surface area contributed by atoms with E-state index in [4.69, 9.17) is 11.6 Å². The largest absolute Gasteiger partial charge is 0.505 e. The first-order valence-corrected chi connectivity index (χ1v) is 5.45. The van der Waals surface area contributed by atoms with Crippen molar-refractivity contribution in [1.29, 1.82) is 0 Å². The predicted molar refractivity (Wildman–Crippen MR) is 57.9 cm³/mol. The number of aromatic hydroxyl groups is 1. The molecule has 0 spiro atoms. The van der Waals surface area contributed by atoms with E-state index in [1.54, 1.807) is 6.07 Å². The fourth-order valence-electron chi connectivity index (χ4n) is 1.99. The van der Waals surface area contributed by atoms with Gasteiger partial charge in [0.15, 0.2) is 11.6 Å². The predicted octanol–water partition coefficient (Wildman–Crippen LogP) is 2.65. The Balaban J connectivity index is 2.27. The van der Waals surface area contributed by atoms with Crippen LogP contribution in [0.4, 0.5) is 4.39 Å². The van der Waals surface area contributed by atoms with Crippen molar-refractivity contribution in [1.82, 2.24) is 5.32 Å². The molecule has 2 nitrogen and oxygen atoms in total. The van der Waals surface area contributed by atoms with Crippen molar-refractivity contribution in [3.63, 3.8) is 0 Å². The molecular weight excluding hydrogens is 217 g/mol. The summed E-state index contributed by atoms with van der Waals surface area (Å²) in [5.74, 6) is -0.708. The van der Waals surface area contributed by atoms with Crippen LogP contribution in [0.5, 0.6) is 5.75 Å². The SMILES string of the molecule is Oc1cc(C2CCNCC2)cc(Cl)c1F. The third-order valence-corrected chi connectivity index (χ3v) is 3.12. The van der Waals surface area contributed by atoms with Gasteiger partial charge in [-0.2, -0.15) is 0 Å². The molecule has 2 N–H and O–H groups in total. The summed E-state index contributed by atoms with van der Waals surface area (Å²) >= 11 is 5.69. The number of hydrogen-bond donors (Lipinski definition) is 2. The first-order valence-electron chi connectivity index (χ1n) is 5.07. The zero-order chi connectivity index (χ0) is 10.8. The molecule has 0 unspecified atom stereocenters. The zero-order valence-electron chi connectivity index (χ0n) is 8.26. The molecule has 1 aliphatic heterocycles. The number of rotatable bonds is 1. The van der Waals surface area contributed by atoms with Gasteiger partial charge in [0, 0.05) is 0 Å². The average molecular weight is 230 g/mol. The molecule has 1 aromatic carbocycles. The topological polar surface area (TPSA) is 32.3 Å². The quantitative estimate of drug-likeness (QED) is 0.776. The highest BCUT2D eigenvalue weighted by atomic mass is 35.5. The maximum atomic E-state index is 13.1. The highest BCUT2D eigenvalue weighted by molar-refractivity contribution is 6.31. The molecule has 1 fully saturated rings. The molecule has 0 aromatic heterocycles. The van der Waals surface area contributed by atoms with E-state index in [0.717, 1.165) is 31.5 Å². The fraction of sp³-hybridized carbons (Fsp3) is 0.455. The molecular formula is C11H13ClFNO. The molecule has 0 saturated carbocycles. The Labute approximate surface area is 93.1 Å². The van der Waals surface area contributed by atoms with Gasteiger partial charge in [-0.05, 0) is 49.5 Å². The van der Waals surface area contributed by atoms with Crippen molar-refractivity contribution >= 4 is 11.6 Å². The number of hydrogen-bond acceptors (Lipinski definition) is 2. The lowest BCUT2D eigenvalue weighted by atomic mass is 9.90. The molecule has 1 saturated heterocycles. The summed E-state index contributed by atoms with van der Waals surface area (Å²) in [6, 6.07) is 3.10. The van der Waals surface area contributed by atoms with Gasteiger partial charge < -0.3 is 10.4 Å². The molecule has 2 rings (SSSR count). The summed E-state index contributed by atoms with van der Waals surface area (Å²) < 4.78 is 13.1. The van der Waals surface area contributed by atoms with Crippen LogP contribution in [0.2, 0.25) is 5.02 Å². The molecule has 15 heavy (non-hydrogen) atoms. The molecule has 82 valence electrons. The Morgan fingerprint density at radius 2 is 2.00 bits per heavy atom. The lowest BCUT2D eigenvalue weighted by molar-refractivity contribution is 0.425. The minimum atomic E-state index is -0.727. The minimum absolute atomic E-state index is 0.00327. The highest BCUT2D eigenvalue weighted by Gasteiger charge is 2.18. The first-order chi connectivity index (χ1) is 7.18. The van der Waals surface area contributed by atoms with E-state index in [0.29, 0.717) is 5.92 Å². The van der Waals surface area contributed by atoms with Crippen molar-refractivity contribution < 1.29 is 9.50 Å². The van der Waals surface area contributed by atoms with E-state index in [9.17, 15) is 9.50 Å². The van der Waals surface area contributed by atoms with Crippen LogP contribution in [-0.2, 0) is 0 Å². The van der Waals surface area contributed by atoms with Crippen LogP contribution in [0.3, 0.4) is 0 Å². The fourth-order valence-corrected chi connectivity index (χ4v) is 2.21. The van der Waals surface area contributed by atoms with Gasteiger partial charge in [0.1, 0.15) is 0 Å². The second-order valence-corrected chi connectivity index (χ2v) is 4.27. The Kier molecular flexibility index (Phi) is 3.12. The van der Waals surface area contributed by atoms with Crippen LogP contribution in [0.15, 0.2) is 12.1 Å². The number of halogens is 2. The Morgan fingerprint density at radius 3 is 2.60 bits per heavy atom. The minimum Gasteiger partial charge on any atom is -0.505 e. The Hall–Kier alpha value is -0.800. The summed E-state index contributed by atoms with van der Waals surface area (Å²) in [6.07, 6.45) is 2.00. The summed E-state index contributed by atoms with van der Waals surface area (Å²) in [5, 5.41) is 12.6. The van der Waals surface area contributed by atoms with Crippen LogP contribution >= 0.6 is 11.6 Å². The van der Waals surface area contributed by atoms with Gasteiger partial charge in [-0.25, -0.2) is 4.39 Å². The summed E-state index contributed by atoms with van der Waals surface area (Å²) in [4.78, 5) is 0. The molecule has 0 radical (unpaired) electrons. The lowest BCUT2D eigenvalue weighted by Crippen LogP contribution is -2.26. The van der Waals surface area contributed by atoms with Crippen molar-refractivity contribution in [3.8, 4) is 5.75 Å². The van der Waals surface area contributed by atoms with Crippen LogP contribution in [0.1, 0.15) is 24.3 Å². The molecule has 1 heterocycles. The van der Waals surface area contributed by atoms with Crippen molar-refractivity contribution in [2.45, 2.75) is 18.8 Å². The number of piperidine rings is 1. The van der Waals surface area contributed by atoms with Crippen molar-refractivity contribution in [2.75, 3.05) is 13.1 Å². The monoisotopic (exact) mass is 229 g/mol. The van der Waals surface area contributed by atoms with Crippen molar-refractivity contribution in [3.05, 3.63) is 28.5 Å². The average Bonchev–Trinajstić information content (AvgIpc) is 2.26. The Morgan fingerprint density at radius 1 is 1.33 bits per heavy atom. The lowest BCUT2D eigenvalue weighted by Gasteiger charge is -2.23. The first kappa shape index (κ1) is 10.7. The van der Waals surface area contributed by atoms with Gasteiger partial charge in [-0.1, -0.05) is 11.6 Å². The smallest absolute Gasteiger partial charge is 0.183 e. The van der Waals surface area contributed by atoms with Gasteiger partial charge in [0.2, 0.25) is 0 Å². The van der Waals surface area contributed by atoms with E-state index in [2.05, 4.69) is 5.32 Å². The van der Waals surface area contributed by atoms with Crippen LogP contribution in [0, 0.1) is 5.82 Å². The second-order valence-electron chi connectivity index (χ2n) is 3.86. The summed E-state index contributed by atoms with van der Waals surface area (Å²) in [7, 11) is 0. The van der Waals surface area contributed by atoms with E-state index in [1.165, 1.54) is 6.07 Å². The third kappa shape index (κ3) is 2.24. The van der Waals surface area contributed by atoms with E-state index >= 15 is 0 Å². The molecule has 0 atom stereocenters. The zero-order valence-corrected chi connectivity index (χ0v) is 9.02. The molecule has 1 aliphatic rings. The maximum Gasteiger partial charge on any atom is 0.183 e. The van der Waals surface area contributed by atoms with E-state index < -0.39 is 5.82 Å². The van der Waals surface area contributed by atoms with Gasteiger partial charge in [0.05, 0.1) is 5.02 Å². The van der Waals surface area contributed by atoms with Gasteiger partial charge in [0.25, 0.3) is 0 Å². The molecule has 0 aliphatic carbocycles. The van der Waals surface area contributed by atoms with E-state index in [-0.39, 0.29) is 10.8 Å². The highest BCUT2D eigenvalue weighted by Crippen LogP contribution is 2.32. The maximum absolute atomic E-state index is 13.1. The number of phenolic OH excluding ortho intramolecular Hbond substituents is 1. The number of nitrogens with one attached hydrogen (secondary N) is 1. The summed E-state index contributed by atoms with van der Waals surface area (Å²) in [5.41, 5.74) is 0.931. The molecule has 4 heteroatoms. The standard InChI is InChI=1S/C11H13ClFNO/c12-9-5-8(6-10(15)11(9)13)7-1-3-14-4-2-7/h5-7,14-15H,1-4H2. The van der Waals surface area contributed by atoms with Gasteiger partial charge in [-0.3, -0.25) is 0 Å². The van der Waals surface area contributed by atoms with Gasteiger partial charge in [-0.15, -0.1) is 0 Å². The van der Waals surface area contributed by atoms with E-state index in [1.807, 2.05) is 0 Å². The number of phenols is 1. The normalized spacial score (nSPS) is 18.0. The Bertz CT molecular complexity index is 341. The number of benzene rings is 1. The molecule has 0 amide bonds. The van der Waals surface area contributed by atoms with Crippen molar-refractivity contribution in [2.24, 2.45) is 0 Å². The second kappa shape index (κ2) is 4.37. The summed E-state index contributed by atoms with van der Waals surface area (Å²) in [6.45, 7) is 1.92.